The number of fused-ring (bicyclic) bond motifs is 1. The minimum atomic E-state index is -0.749. The first-order chi connectivity index (χ1) is 7.38. The highest BCUT2D eigenvalue weighted by atomic mass is 35.5. The van der Waals surface area contributed by atoms with E-state index in [4.69, 9.17) is 23.2 Å². The van der Waals surface area contributed by atoms with Gasteiger partial charge in [-0.1, -0.05) is 6.92 Å². The first kappa shape index (κ1) is 12.2. The second-order valence-electron chi connectivity index (χ2n) is 4.67. The number of alkyl halides is 2. The summed E-state index contributed by atoms with van der Waals surface area (Å²) in [6.45, 7) is 3.83. The Bertz CT molecular complexity index is 343. The van der Waals surface area contributed by atoms with E-state index in [2.05, 4.69) is 0 Å². The molecule has 1 aliphatic carbocycles. The molecule has 2 fully saturated rings. The topological polar surface area (TPSA) is 37.4 Å². The highest BCUT2D eigenvalue weighted by Crippen LogP contribution is 2.57. The van der Waals surface area contributed by atoms with Gasteiger partial charge in [-0.25, -0.2) is 0 Å². The van der Waals surface area contributed by atoms with Crippen molar-refractivity contribution in [3.63, 3.8) is 0 Å². The van der Waals surface area contributed by atoms with Crippen molar-refractivity contribution in [3.05, 3.63) is 0 Å². The van der Waals surface area contributed by atoms with E-state index in [0.717, 1.165) is 0 Å². The van der Waals surface area contributed by atoms with E-state index in [0.29, 0.717) is 19.4 Å². The van der Waals surface area contributed by atoms with E-state index in [1.807, 2.05) is 6.92 Å². The van der Waals surface area contributed by atoms with Gasteiger partial charge in [-0.15, -0.1) is 23.2 Å². The molecular weight excluding hydrogens is 249 g/mol. The Labute approximate surface area is 105 Å². The van der Waals surface area contributed by atoms with Crippen LogP contribution in [0.5, 0.6) is 0 Å². The molecule has 0 aromatic carbocycles. The Balaban J connectivity index is 2.22. The normalized spacial score (nSPS) is 35.5. The Morgan fingerprint density at radius 2 is 2.06 bits per heavy atom. The molecular formula is C11H15Cl2NO2. The summed E-state index contributed by atoms with van der Waals surface area (Å²) in [5.41, 5.74) is 0. The number of carbonyl (C=O) groups excluding carboxylic acids is 2. The lowest BCUT2D eigenvalue weighted by atomic mass is 9.71. The van der Waals surface area contributed by atoms with Crippen LogP contribution in [0.2, 0.25) is 0 Å². The fraction of sp³-hybridized carbons (Fsp3) is 0.818. The summed E-state index contributed by atoms with van der Waals surface area (Å²) in [4.78, 5) is 25.0. The van der Waals surface area contributed by atoms with Gasteiger partial charge in [-0.2, -0.15) is 0 Å². The molecule has 1 amide bonds. The summed E-state index contributed by atoms with van der Waals surface area (Å²) >= 11 is 12.2. The Hall–Kier alpha value is -0.280. The molecule has 2 aliphatic rings. The lowest BCUT2D eigenvalue weighted by Gasteiger charge is -2.43. The fourth-order valence-corrected chi connectivity index (χ4v) is 3.68. The van der Waals surface area contributed by atoms with Crippen LogP contribution in [0.4, 0.5) is 0 Å². The molecule has 1 saturated heterocycles. The van der Waals surface area contributed by atoms with E-state index in [1.54, 1.807) is 4.90 Å². The Kier molecular flexibility index (Phi) is 2.96. The van der Waals surface area contributed by atoms with E-state index in [9.17, 15) is 9.59 Å². The third kappa shape index (κ3) is 1.65. The third-order valence-corrected chi connectivity index (χ3v) is 4.65. The molecule has 0 aromatic rings. The minimum absolute atomic E-state index is 0.0558. The van der Waals surface area contributed by atoms with Gasteiger partial charge < -0.3 is 4.90 Å². The van der Waals surface area contributed by atoms with Crippen LogP contribution in [0.3, 0.4) is 0 Å². The summed E-state index contributed by atoms with van der Waals surface area (Å²) in [5, 5.41) is 0. The van der Waals surface area contributed by atoms with Crippen molar-refractivity contribution in [1.29, 1.82) is 0 Å². The van der Waals surface area contributed by atoms with Crippen LogP contribution >= 0.6 is 23.2 Å². The lowest BCUT2D eigenvalue weighted by molar-refractivity contribution is -0.136. The number of amides is 1. The van der Waals surface area contributed by atoms with Gasteiger partial charge in [-0.3, -0.25) is 9.59 Å². The summed E-state index contributed by atoms with van der Waals surface area (Å²) in [6.07, 6.45) is 1.07. The molecule has 0 N–H and O–H groups in total. The number of rotatable bonds is 2. The summed E-state index contributed by atoms with van der Waals surface area (Å²) in [7, 11) is 0. The van der Waals surface area contributed by atoms with Crippen molar-refractivity contribution >= 4 is 34.9 Å². The average Bonchev–Trinajstić information content (AvgIpc) is 2.52. The van der Waals surface area contributed by atoms with E-state index >= 15 is 0 Å². The molecule has 1 heterocycles. The fourth-order valence-electron chi connectivity index (χ4n) is 2.86. The molecule has 1 saturated carbocycles. The van der Waals surface area contributed by atoms with Gasteiger partial charge >= 0.3 is 0 Å². The standard InChI is InChI=1S/C11H15Cl2NO2/c1-3-9(16)10-7-4-11(12,13)8(7)5-14(10)6(2)15/h7-8,10H,3-5H2,1-2H3/t7-,8-,10-/m0/s1. The van der Waals surface area contributed by atoms with Crippen LogP contribution in [0.1, 0.15) is 26.7 Å². The number of hydrogen-bond donors (Lipinski definition) is 0. The van der Waals surface area contributed by atoms with Crippen molar-refractivity contribution in [1.82, 2.24) is 4.90 Å². The largest absolute Gasteiger partial charge is 0.332 e. The highest BCUT2D eigenvalue weighted by Gasteiger charge is 2.62. The van der Waals surface area contributed by atoms with Crippen LogP contribution in [0.15, 0.2) is 0 Å². The maximum absolute atomic E-state index is 11.8. The first-order valence-electron chi connectivity index (χ1n) is 5.56. The molecule has 1 aliphatic heterocycles. The van der Waals surface area contributed by atoms with Gasteiger partial charge in [0.25, 0.3) is 0 Å². The molecule has 0 spiro atoms. The number of Topliss-reactive ketones (excluding diaryl/α,β-unsaturated/α-hetero) is 1. The summed E-state index contributed by atoms with van der Waals surface area (Å²) in [6, 6.07) is -0.293. The lowest BCUT2D eigenvalue weighted by Crippen LogP contribution is -2.49. The molecule has 3 atom stereocenters. The first-order valence-corrected chi connectivity index (χ1v) is 6.31. The summed E-state index contributed by atoms with van der Waals surface area (Å²) in [5.74, 6) is 0.267. The van der Waals surface area contributed by atoms with E-state index in [-0.39, 0.29) is 29.6 Å². The van der Waals surface area contributed by atoms with Gasteiger partial charge in [0.05, 0.1) is 6.04 Å². The molecule has 5 heteroatoms. The van der Waals surface area contributed by atoms with Gasteiger partial charge in [0, 0.05) is 25.8 Å². The van der Waals surface area contributed by atoms with Crippen molar-refractivity contribution in [3.8, 4) is 0 Å². The van der Waals surface area contributed by atoms with Gasteiger partial charge in [0.15, 0.2) is 5.78 Å². The minimum Gasteiger partial charge on any atom is -0.332 e. The maximum atomic E-state index is 11.8. The van der Waals surface area contributed by atoms with Gasteiger partial charge in [-0.05, 0) is 12.3 Å². The molecule has 0 bridgehead atoms. The Morgan fingerprint density at radius 3 is 2.50 bits per heavy atom. The quantitative estimate of drug-likeness (QED) is 0.715. The molecule has 16 heavy (non-hydrogen) atoms. The number of likely N-dealkylation sites (tertiary alicyclic amines) is 1. The number of carbonyl (C=O) groups is 2. The van der Waals surface area contributed by atoms with E-state index in [1.165, 1.54) is 6.92 Å². The molecule has 2 rings (SSSR count). The molecule has 0 unspecified atom stereocenters. The Morgan fingerprint density at radius 1 is 1.44 bits per heavy atom. The second-order valence-corrected chi connectivity index (χ2v) is 6.21. The smallest absolute Gasteiger partial charge is 0.220 e. The van der Waals surface area contributed by atoms with Crippen LogP contribution < -0.4 is 0 Å². The monoisotopic (exact) mass is 263 g/mol. The zero-order chi connectivity index (χ0) is 12.1. The van der Waals surface area contributed by atoms with E-state index < -0.39 is 4.33 Å². The second kappa shape index (κ2) is 3.88. The third-order valence-electron chi connectivity index (χ3n) is 3.78. The number of nitrogens with zero attached hydrogens (tertiary/aromatic N) is 1. The van der Waals surface area contributed by atoms with Gasteiger partial charge in [0.2, 0.25) is 5.91 Å². The van der Waals surface area contributed by atoms with Crippen LogP contribution in [0, 0.1) is 11.8 Å². The molecule has 90 valence electrons. The van der Waals surface area contributed by atoms with Crippen molar-refractivity contribution in [2.75, 3.05) is 6.54 Å². The van der Waals surface area contributed by atoms with Crippen LogP contribution in [0.25, 0.3) is 0 Å². The number of ketones is 1. The zero-order valence-corrected chi connectivity index (χ0v) is 10.9. The van der Waals surface area contributed by atoms with Crippen LogP contribution in [-0.2, 0) is 9.59 Å². The highest BCUT2D eigenvalue weighted by molar-refractivity contribution is 6.49. The molecule has 0 radical (unpaired) electrons. The van der Waals surface area contributed by atoms with Crippen molar-refractivity contribution in [2.45, 2.75) is 37.1 Å². The summed E-state index contributed by atoms with van der Waals surface area (Å²) < 4.78 is -0.749. The average molecular weight is 264 g/mol. The van der Waals surface area contributed by atoms with Crippen molar-refractivity contribution < 1.29 is 9.59 Å². The number of halogens is 2. The predicted molar refractivity (Wildman–Crippen MR) is 62.5 cm³/mol. The zero-order valence-electron chi connectivity index (χ0n) is 9.37. The number of hydrogen-bond acceptors (Lipinski definition) is 2. The molecule has 3 nitrogen and oxygen atoms in total. The van der Waals surface area contributed by atoms with Crippen molar-refractivity contribution in [2.24, 2.45) is 11.8 Å². The molecule has 0 aromatic heterocycles. The van der Waals surface area contributed by atoms with Gasteiger partial charge in [0.1, 0.15) is 4.33 Å². The maximum Gasteiger partial charge on any atom is 0.220 e. The van der Waals surface area contributed by atoms with Crippen LogP contribution in [-0.4, -0.2) is 33.5 Å². The predicted octanol–water partition coefficient (Wildman–Crippen LogP) is 2.01. The SMILES string of the molecule is CCC(=O)[C@@H]1[C@H]2CC(Cl)(Cl)[C@H]2CN1C(C)=O.